The fourth-order valence-electron chi connectivity index (χ4n) is 0.855. The third kappa shape index (κ3) is 7.80. The minimum absolute atomic E-state index is 0.912. The van der Waals surface area contributed by atoms with Crippen molar-refractivity contribution in [1.82, 2.24) is 10.2 Å². The van der Waals surface area contributed by atoms with Crippen LogP contribution in [0.15, 0.2) is 16.9 Å². The summed E-state index contributed by atoms with van der Waals surface area (Å²) >= 11 is 0. The van der Waals surface area contributed by atoms with E-state index in [4.69, 9.17) is 0 Å². The Hall–Kier alpha value is -0.830. The topological polar surface area (TPSA) is 27.6 Å². The van der Waals surface area contributed by atoms with Crippen LogP contribution in [0, 0.1) is 0 Å². The average Bonchev–Trinajstić information content (AvgIpc) is 2.18. The zero-order valence-corrected chi connectivity index (χ0v) is 9.88. The van der Waals surface area contributed by atoms with Crippen molar-refractivity contribution in [1.29, 1.82) is 0 Å². The summed E-state index contributed by atoms with van der Waals surface area (Å²) in [6, 6.07) is 0. The predicted molar refractivity (Wildman–Crippen MR) is 63.7 cm³/mol. The van der Waals surface area contributed by atoms with Crippen molar-refractivity contribution in [3.8, 4) is 0 Å². The molecule has 82 valence electrons. The highest BCUT2D eigenvalue weighted by molar-refractivity contribution is 5.61. The molecule has 0 fully saturated rings. The summed E-state index contributed by atoms with van der Waals surface area (Å²) in [4.78, 5) is 6.52. The molecule has 0 saturated heterocycles. The maximum absolute atomic E-state index is 4.32. The zero-order valence-electron chi connectivity index (χ0n) is 9.88. The molecule has 0 heterocycles. The number of nitrogens with one attached hydrogen (secondary N) is 1. The SMILES string of the molecule is CCCN/C=C(/C)N=CCN(C)CC. The Kier molecular flexibility index (Phi) is 8.24. The Morgan fingerprint density at radius 2 is 2.14 bits per heavy atom. The monoisotopic (exact) mass is 197 g/mol. The number of nitrogens with zero attached hydrogens (tertiary/aromatic N) is 2. The second kappa shape index (κ2) is 8.75. The molecule has 0 atom stereocenters. The summed E-state index contributed by atoms with van der Waals surface area (Å²) in [5.74, 6) is 0. The van der Waals surface area contributed by atoms with Gasteiger partial charge in [-0.05, 0) is 26.9 Å². The van der Waals surface area contributed by atoms with E-state index in [2.05, 4.69) is 36.1 Å². The Morgan fingerprint density at radius 3 is 2.71 bits per heavy atom. The molecule has 0 amide bonds. The lowest BCUT2D eigenvalue weighted by Gasteiger charge is -2.08. The van der Waals surface area contributed by atoms with E-state index >= 15 is 0 Å². The Balaban J connectivity index is 3.69. The van der Waals surface area contributed by atoms with Gasteiger partial charge in [-0.1, -0.05) is 13.8 Å². The molecule has 0 bridgehead atoms. The van der Waals surface area contributed by atoms with Crippen LogP contribution >= 0.6 is 0 Å². The highest BCUT2D eigenvalue weighted by Crippen LogP contribution is 1.90. The van der Waals surface area contributed by atoms with Gasteiger partial charge in [0, 0.05) is 25.5 Å². The van der Waals surface area contributed by atoms with Crippen molar-refractivity contribution in [3.63, 3.8) is 0 Å². The van der Waals surface area contributed by atoms with E-state index in [0.717, 1.165) is 31.8 Å². The van der Waals surface area contributed by atoms with E-state index in [0.29, 0.717) is 0 Å². The van der Waals surface area contributed by atoms with Gasteiger partial charge in [-0.3, -0.25) is 4.99 Å². The van der Waals surface area contributed by atoms with E-state index < -0.39 is 0 Å². The van der Waals surface area contributed by atoms with Crippen LogP contribution in [0.2, 0.25) is 0 Å². The molecule has 0 saturated carbocycles. The van der Waals surface area contributed by atoms with Crippen molar-refractivity contribution < 1.29 is 0 Å². The molecule has 0 spiro atoms. The van der Waals surface area contributed by atoms with Crippen LogP contribution in [-0.4, -0.2) is 37.8 Å². The van der Waals surface area contributed by atoms with Crippen molar-refractivity contribution in [2.45, 2.75) is 27.2 Å². The Morgan fingerprint density at radius 1 is 1.43 bits per heavy atom. The van der Waals surface area contributed by atoms with Crippen LogP contribution in [0.25, 0.3) is 0 Å². The van der Waals surface area contributed by atoms with Gasteiger partial charge in [-0.2, -0.15) is 0 Å². The van der Waals surface area contributed by atoms with E-state index in [1.165, 1.54) is 0 Å². The number of hydrogen-bond donors (Lipinski definition) is 1. The van der Waals surface area contributed by atoms with E-state index in [-0.39, 0.29) is 0 Å². The van der Waals surface area contributed by atoms with Gasteiger partial charge in [0.1, 0.15) is 0 Å². The first kappa shape index (κ1) is 13.2. The minimum Gasteiger partial charge on any atom is -0.389 e. The molecule has 0 aliphatic carbocycles. The van der Waals surface area contributed by atoms with E-state index in [1.807, 2.05) is 19.3 Å². The molecule has 0 radical (unpaired) electrons. The van der Waals surface area contributed by atoms with Gasteiger partial charge in [0.15, 0.2) is 0 Å². The number of aliphatic imine (C=N–C) groups is 1. The first-order valence-corrected chi connectivity index (χ1v) is 5.31. The summed E-state index contributed by atoms with van der Waals surface area (Å²) in [5.41, 5.74) is 1.03. The van der Waals surface area contributed by atoms with Crippen molar-refractivity contribution in [2.75, 3.05) is 26.7 Å². The number of rotatable bonds is 7. The van der Waals surface area contributed by atoms with Crippen LogP contribution in [-0.2, 0) is 0 Å². The normalized spacial score (nSPS) is 12.8. The molecule has 0 aromatic heterocycles. The van der Waals surface area contributed by atoms with Gasteiger partial charge in [0.05, 0.1) is 5.70 Å². The molecular formula is C11H23N3. The molecule has 0 aromatic rings. The van der Waals surface area contributed by atoms with Gasteiger partial charge in [-0.25, -0.2) is 0 Å². The minimum atomic E-state index is 0.912. The van der Waals surface area contributed by atoms with Gasteiger partial charge >= 0.3 is 0 Å². The predicted octanol–water partition coefficient (Wildman–Crippen LogP) is 1.87. The third-order valence-corrected chi connectivity index (χ3v) is 1.93. The molecule has 14 heavy (non-hydrogen) atoms. The van der Waals surface area contributed by atoms with Crippen molar-refractivity contribution >= 4 is 6.21 Å². The number of hydrogen-bond acceptors (Lipinski definition) is 3. The second-order valence-corrected chi connectivity index (χ2v) is 3.41. The lowest BCUT2D eigenvalue weighted by molar-refractivity contribution is 0.406. The van der Waals surface area contributed by atoms with E-state index in [1.54, 1.807) is 0 Å². The highest BCUT2D eigenvalue weighted by atomic mass is 15.1. The smallest absolute Gasteiger partial charge is 0.0525 e. The fraction of sp³-hybridized carbons (Fsp3) is 0.727. The third-order valence-electron chi connectivity index (χ3n) is 1.93. The summed E-state index contributed by atoms with van der Waals surface area (Å²) in [6.07, 6.45) is 5.06. The molecule has 0 aromatic carbocycles. The van der Waals surface area contributed by atoms with Crippen molar-refractivity contribution in [3.05, 3.63) is 11.9 Å². The molecule has 0 rings (SSSR count). The molecule has 0 unspecified atom stereocenters. The first-order chi connectivity index (χ1) is 6.70. The molecule has 3 nitrogen and oxygen atoms in total. The molecule has 1 N–H and O–H groups in total. The van der Waals surface area contributed by atoms with Crippen molar-refractivity contribution in [2.24, 2.45) is 4.99 Å². The lowest BCUT2D eigenvalue weighted by Crippen LogP contribution is -2.19. The van der Waals surface area contributed by atoms with Gasteiger partial charge in [0.25, 0.3) is 0 Å². The van der Waals surface area contributed by atoms with Crippen LogP contribution in [0.3, 0.4) is 0 Å². The van der Waals surface area contributed by atoms with Gasteiger partial charge < -0.3 is 10.2 Å². The fourth-order valence-corrected chi connectivity index (χ4v) is 0.855. The summed E-state index contributed by atoms with van der Waals surface area (Å²) in [6.45, 7) is 9.28. The summed E-state index contributed by atoms with van der Waals surface area (Å²) in [5, 5.41) is 3.20. The Labute approximate surface area is 87.9 Å². The average molecular weight is 197 g/mol. The standard InChI is InChI=1S/C11H23N3/c1-5-7-12-10-11(3)13-8-9-14(4)6-2/h8,10,12H,5-7,9H2,1-4H3/b11-10-,13-8?. The van der Waals surface area contributed by atoms with Crippen LogP contribution < -0.4 is 5.32 Å². The molecule has 3 heteroatoms. The van der Waals surface area contributed by atoms with Gasteiger partial charge in [0.2, 0.25) is 0 Å². The van der Waals surface area contributed by atoms with Crippen LogP contribution in [0.1, 0.15) is 27.2 Å². The zero-order chi connectivity index (χ0) is 10.8. The van der Waals surface area contributed by atoms with Crippen LogP contribution in [0.5, 0.6) is 0 Å². The largest absolute Gasteiger partial charge is 0.389 e. The molecule has 0 aliphatic rings. The molecule has 0 aliphatic heterocycles. The first-order valence-electron chi connectivity index (χ1n) is 5.31. The summed E-state index contributed by atoms with van der Waals surface area (Å²) in [7, 11) is 2.08. The van der Waals surface area contributed by atoms with E-state index in [9.17, 15) is 0 Å². The Bertz CT molecular complexity index is 185. The summed E-state index contributed by atoms with van der Waals surface area (Å²) < 4.78 is 0. The van der Waals surface area contributed by atoms with Gasteiger partial charge in [-0.15, -0.1) is 0 Å². The lowest BCUT2D eigenvalue weighted by atomic mass is 10.4. The molecular weight excluding hydrogens is 174 g/mol. The maximum atomic E-state index is 4.32. The second-order valence-electron chi connectivity index (χ2n) is 3.41. The number of allylic oxidation sites excluding steroid dienone is 1. The maximum Gasteiger partial charge on any atom is 0.0525 e. The van der Waals surface area contributed by atoms with Crippen LogP contribution in [0.4, 0.5) is 0 Å². The quantitative estimate of drug-likeness (QED) is 0.498. The highest BCUT2D eigenvalue weighted by Gasteiger charge is 1.88.